The van der Waals surface area contributed by atoms with E-state index in [1.165, 1.54) is 4.90 Å². The van der Waals surface area contributed by atoms with Crippen molar-refractivity contribution < 1.29 is 14.7 Å². The molecule has 0 bridgehead atoms. The number of ketones is 1. The number of hydrogen-bond donors (Lipinski definition) is 1. The maximum atomic E-state index is 13.1. The van der Waals surface area contributed by atoms with Crippen molar-refractivity contribution in [3.63, 3.8) is 0 Å². The van der Waals surface area contributed by atoms with Crippen molar-refractivity contribution in [1.82, 2.24) is 4.98 Å². The number of benzene rings is 2. The Labute approximate surface area is 167 Å². The molecule has 0 aliphatic heterocycles. The van der Waals surface area contributed by atoms with Gasteiger partial charge in [0.1, 0.15) is 5.82 Å². The summed E-state index contributed by atoms with van der Waals surface area (Å²) in [5.74, 6) is -0.0644. The van der Waals surface area contributed by atoms with Crippen molar-refractivity contribution >= 4 is 29.6 Å². The number of hydrogen-bond acceptors (Lipinski definition) is 4. The maximum Gasteiger partial charge on any atom is 0.216 e. The monoisotopic (exact) mass is 392 g/mol. The molecule has 0 aliphatic rings. The Morgan fingerprint density at radius 1 is 1.00 bits per heavy atom. The van der Waals surface area contributed by atoms with Gasteiger partial charge in [0, 0.05) is 16.8 Å². The number of aliphatic hydroxyl groups excluding tert-OH is 1. The molecule has 5 nitrogen and oxygen atoms in total. The molecule has 0 saturated carbocycles. The molecule has 0 fully saturated rings. The fourth-order valence-corrected chi connectivity index (χ4v) is 3.03. The highest BCUT2D eigenvalue weighted by Crippen LogP contribution is 2.32. The maximum absolute atomic E-state index is 13.1. The van der Waals surface area contributed by atoms with E-state index in [-0.39, 0.29) is 5.57 Å². The van der Waals surface area contributed by atoms with Crippen LogP contribution in [0.4, 0.5) is 5.82 Å². The third-order valence-electron chi connectivity index (χ3n) is 4.22. The van der Waals surface area contributed by atoms with E-state index < -0.39 is 11.8 Å². The topological polar surface area (TPSA) is 70.5 Å². The van der Waals surface area contributed by atoms with Crippen molar-refractivity contribution in [2.75, 3.05) is 4.90 Å². The van der Waals surface area contributed by atoms with Crippen molar-refractivity contribution in [3.05, 3.63) is 107 Å². The number of Topliss-reactive ketones (excluding diaryl/α,β-unsaturated/α-hetero) is 1. The van der Waals surface area contributed by atoms with Crippen LogP contribution in [0.3, 0.4) is 0 Å². The first kappa shape index (κ1) is 19.3. The molecule has 1 heterocycles. The second kappa shape index (κ2) is 8.97. The SMILES string of the molecule is O=CN(c1ccccn1)C(/C(=C/O)C(=O)c1ccc(Cl)cc1)c1ccccc1. The molecule has 0 aliphatic carbocycles. The molecule has 2 aromatic carbocycles. The van der Waals surface area contributed by atoms with Crippen LogP contribution in [0.25, 0.3) is 0 Å². The summed E-state index contributed by atoms with van der Waals surface area (Å²) in [7, 11) is 0. The van der Waals surface area contributed by atoms with Crippen LogP contribution < -0.4 is 4.90 Å². The van der Waals surface area contributed by atoms with E-state index in [4.69, 9.17) is 11.6 Å². The first-order chi connectivity index (χ1) is 13.7. The zero-order chi connectivity index (χ0) is 19.9. The zero-order valence-corrected chi connectivity index (χ0v) is 15.5. The smallest absolute Gasteiger partial charge is 0.216 e. The average molecular weight is 393 g/mol. The second-order valence-electron chi connectivity index (χ2n) is 5.93. The van der Waals surface area contributed by atoms with Gasteiger partial charge in [0.05, 0.1) is 17.9 Å². The fraction of sp³-hybridized carbons (Fsp3) is 0.0455. The van der Waals surface area contributed by atoms with Crippen molar-refractivity contribution in [2.45, 2.75) is 6.04 Å². The molecule has 0 saturated heterocycles. The Morgan fingerprint density at radius 3 is 2.25 bits per heavy atom. The zero-order valence-electron chi connectivity index (χ0n) is 14.8. The lowest BCUT2D eigenvalue weighted by molar-refractivity contribution is -0.107. The van der Waals surface area contributed by atoms with Gasteiger partial charge in [-0.25, -0.2) is 4.98 Å². The van der Waals surface area contributed by atoms with Crippen LogP contribution in [0.5, 0.6) is 0 Å². The highest BCUT2D eigenvalue weighted by molar-refractivity contribution is 6.30. The van der Waals surface area contributed by atoms with E-state index in [1.54, 1.807) is 72.9 Å². The molecule has 28 heavy (non-hydrogen) atoms. The Kier molecular flexibility index (Phi) is 6.19. The van der Waals surface area contributed by atoms with E-state index in [2.05, 4.69) is 4.98 Å². The summed E-state index contributed by atoms with van der Waals surface area (Å²) in [5.41, 5.74) is 1.03. The molecule has 1 amide bonds. The van der Waals surface area contributed by atoms with E-state index in [0.29, 0.717) is 28.4 Å². The fourth-order valence-electron chi connectivity index (χ4n) is 2.90. The third-order valence-corrected chi connectivity index (χ3v) is 4.48. The number of nitrogens with zero attached hydrogens (tertiary/aromatic N) is 2. The van der Waals surface area contributed by atoms with Gasteiger partial charge in [-0.2, -0.15) is 0 Å². The number of aliphatic hydroxyl groups is 1. The summed E-state index contributed by atoms with van der Waals surface area (Å²) in [5, 5.41) is 10.5. The van der Waals surface area contributed by atoms with E-state index in [1.807, 2.05) is 6.07 Å². The lowest BCUT2D eigenvalue weighted by Gasteiger charge is -2.29. The van der Waals surface area contributed by atoms with Gasteiger partial charge in [-0.1, -0.05) is 48.0 Å². The predicted molar refractivity (Wildman–Crippen MR) is 108 cm³/mol. The second-order valence-corrected chi connectivity index (χ2v) is 6.37. The Morgan fingerprint density at radius 2 is 1.68 bits per heavy atom. The Hall–Kier alpha value is -3.44. The van der Waals surface area contributed by atoms with Crippen molar-refractivity contribution in [2.24, 2.45) is 0 Å². The quantitative estimate of drug-likeness (QED) is 0.272. The Bertz CT molecular complexity index is 974. The van der Waals surface area contributed by atoms with E-state index in [9.17, 15) is 14.7 Å². The molecule has 1 atom stereocenters. The van der Waals surface area contributed by atoms with Gasteiger partial charge >= 0.3 is 0 Å². The average Bonchev–Trinajstić information content (AvgIpc) is 2.75. The summed E-state index contributed by atoms with van der Waals surface area (Å²) >= 11 is 5.90. The lowest BCUT2D eigenvalue weighted by atomic mass is 9.92. The van der Waals surface area contributed by atoms with Crippen molar-refractivity contribution in [1.29, 1.82) is 0 Å². The van der Waals surface area contributed by atoms with Gasteiger partial charge in [-0.3, -0.25) is 14.5 Å². The van der Waals surface area contributed by atoms with Crippen LogP contribution in [0.15, 0.2) is 90.8 Å². The molecular weight excluding hydrogens is 376 g/mol. The highest BCUT2D eigenvalue weighted by Gasteiger charge is 2.30. The van der Waals surface area contributed by atoms with Crippen LogP contribution in [-0.2, 0) is 4.79 Å². The van der Waals surface area contributed by atoms with Crippen LogP contribution in [0, 0.1) is 0 Å². The summed E-state index contributed by atoms with van der Waals surface area (Å²) in [4.78, 5) is 30.6. The number of halogens is 1. The number of rotatable bonds is 7. The van der Waals surface area contributed by atoms with E-state index in [0.717, 1.165) is 6.26 Å². The molecule has 6 heteroatoms. The molecule has 3 rings (SSSR count). The molecule has 1 aromatic heterocycles. The number of pyridine rings is 1. The summed E-state index contributed by atoms with van der Waals surface area (Å²) in [6.45, 7) is 0. The molecule has 0 spiro atoms. The van der Waals surface area contributed by atoms with Crippen LogP contribution >= 0.6 is 11.6 Å². The molecular formula is C22H17ClN2O3. The largest absolute Gasteiger partial charge is 0.515 e. The number of carbonyl (C=O) groups is 2. The molecule has 140 valence electrons. The van der Waals surface area contributed by atoms with Gasteiger partial charge in [0.2, 0.25) is 6.41 Å². The minimum absolute atomic E-state index is 0.0336. The van der Waals surface area contributed by atoms with Gasteiger partial charge in [-0.05, 0) is 42.0 Å². The third kappa shape index (κ3) is 4.10. The summed E-state index contributed by atoms with van der Waals surface area (Å²) < 4.78 is 0. The minimum Gasteiger partial charge on any atom is -0.515 e. The normalized spacial score (nSPS) is 12.2. The number of amides is 1. The van der Waals surface area contributed by atoms with Crippen LogP contribution in [0.1, 0.15) is 22.0 Å². The molecule has 1 unspecified atom stereocenters. The van der Waals surface area contributed by atoms with Crippen molar-refractivity contribution in [3.8, 4) is 0 Å². The molecule has 1 N–H and O–H groups in total. The standard InChI is InChI=1S/C22H17ClN2O3/c23-18-11-9-17(10-12-18)22(28)19(14-26)21(16-6-2-1-3-7-16)25(15-27)20-8-4-5-13-24-20/h1-15,21,26H/b19-14-. The van der Waals surface area contributed by atoms with Gasteiger partial charge in [0.15, 0.2) is 5.78 Å². The number of aromatic nitrogens is 1. The first-order valence-corrected chi connectivity index (χ1v) is 8.87. The predicted octanol–water partition coefficient (Wildman–Crippen LogP) is 4.76. The summed E-state index contributed by atoms with van der Waals surface area (Å²) in [6.07, 6.45) is 2.89. The molecule has 0 radical (unpaired) electrons. The van der Waals surface area contributed by atoms with Gasteiger partial charge < -0.3 is 5.11 Å². The number of carbonyl (C=O) groups excluding carboxylic acids is 2. The molecule has 3 aromatic rings. The van der Waals surface area contributed by atoms with Gasteiger partial charge in [-0.15, -0.1) is 0 Å². The minimum atomic E-state index is -0.859. The van der Waals surface area contributed by atoms with Crippen LogP contribution in [0.2, 0.25) is 5.02 Å². The highest BCUT2D eigenvalue weighted by atomic mass is 35.5. The first-order valence-electron chi connectivity index (χ1n) is 8.50. The lowest BCUT2D eigenvalue weighted by Crippen LogP contribution is -2.32. The Balaban J connectivity index is 2.10. The van der Waals surface area contributed by atoms with E-state index >= 15 is 0 Å². The van der Waals surface area contributed by atoms with Gasteiger partial charge in [0.25, 0.3) is 0 Å². The number of anilines is 1. The summed E-state index contributed by atoms with van der Waals surface area (Å²) in [6, 6.07) is 19.6. The van der Waals surface area contributed by atoms with Crippen LogP contribution in [-0.4, -0.2) is 22.3 Å².